The van der Waals surface area contributed by atoms with Crippen molar-refractivity contribution in [2.45, 2.75) is 18.9 Å². The molecule has 0 bridgehead atoms. The average molecular weight is 389 g/mol. The number of hydrogen-bond acceptors (Lipinski definition) is 3. The van der Waals surface area contributed by atoms with Crippen LogP contribution in [-0.4, -0.2) is 46.2 Å². The van der Waals surface area contributed by atoms with Crippen molar-refractivity contribution in [3.63, 3.8) is 0 Å². The van der Waals surface area contributed by atoms with E-state index in [1.54, 1.807) is 0 Å². The number of amides is 1. The minimum absolute atomic E-state index is 0.0852. The molecule has 1 aliphatic heterocycles. The molecule has 0 aliphatic carbocycles. The molecule has 1 unspecified atom stereocenters. The maximum atomic E-state index is 11.9. The van der Waals surface area contributed by atoms with Crippen LogP contribution >= 0.6 is 22.6 Å². The van der Waals surface area contributed by atoms with Gasteiger partial charge in [-0.25, -0.2) is 4.79 Å². The minimum atomic E-state index is -1.00. The van der Waals surface area contributed by atoms with Crippen molar-refractivity contribution in [3.8, 4) is 0 Å². The number of aliphatic carboxylic acids is 1. The Kier molecular flexibility index (Phi) is 4.98. The molecule has 1 amide bonds. The van der Waals surface area contributed by atoms with Gasteiger partial charge in [0.15, 0.2) is 0 Å². The molecular formula is C14H16INO4. The van der Waals surface area contributed by atoms with Gasteiger partial charge < -0.3 is 15.1 Å². The van der Waals surface area contributed by atoms with Gasteiger partial charge in [-0.2, -0.15) is 0 Å². The highest BCUT2D eigenvalue weighted by Crippen LogP contribution is 2.22. The summed E-state index contributed by atoms with van der Waals surface area (Å²) in [6, 6.07) is 6.72. The molecule has 0 saturated carbocycles. The number of halogens is 1. The van der Waals surface area contributed by atoms with E-state index < -0.39 is 12.0 Å². The highest BCUT2D eigenvalue weighted by molar-refractivity contribution is 14.1. The van der Waals surface area contributed by atoms with Crippen molar-refractivity contribution >= 4 is 34.5 Å². The molecule has 0 aromatic heterocycles. The Labute approximate surface area is 130 Å². The summed E-state index contributed by atoms with van der Waals surface area (Å²) in [7, 11) is 0. The summed E-state index contributed by atoms with van der Waals surface area (Å²) in [5.74, 6) is -1.35. The van der Waals surface area contributed by atoms with Crippen molar-refractivity contribution in [2.24, 2.45) is 5.92 Å². The largest absolute Gasteiger partial charge is 0.480 e. The van der Waals surface area contributed by atoms with Crippen molar-refractivity contribution in [3.05, 3.63) is 33.4 Å². The minimum Gasteiger partial charge on any atom is -0.480 e. The maximum absolute atomic E-state index is 11.9. The molecule has 2 rings (SSSR count). The zero-order valence-electron chi connectivity index (χ0n) is 10.8. The van der Waals surface area contributed by atoms with Crippen LogP contribution in [0.2, 0.25) is 0 Å². The first-order valence-corrected chi connectivity index (χ1v) is 7.46. The van der Waals surface area contributed by atoms with Gasteiger partial charge in [0.2, 0.25) is 5.91 Å². The van der Waals surface area contributed by atoms with Crippen LogP contribution < -0.4 is 0 Å². The number of rotatable bonds is 5. The highest BCUT2D eigenvalue weighted by atomic mass is 127. The van der Waals surface area contributed by atoms with Gasteiger partial charge in [-0.15, -0.1) is 0 Å². The van der Waals surface area contributed by atoms with E-state index >= 15 is 0 Å². The quantitative estimate of drug-likeness (QED) is 0.741. The van der Waals surface area contributed by atoms with E-state index in [0.29, 0.717) is 6.54 Å². The number of likely N-dealkylation sites (tertiary alicyclic amines) is 1. The molecule has 0 spiro atoms. The van der Waals surface area contributed by atoms with Crippen LogP contribution in [0.3, 0.4) is 0 Å². The van der Waals surface area contributed by atoms with Gasteiger partial charge in [0.25, 0.3) is 0 Å². The lowest BCUT2D eigenvalue weighted by molar-refractivity contribution is -0.148. The van der Waals surface area contributed by atoms with Crippen LogP contribution in [0, 0.1) is 9.49 Å². The van der Waals surface area contributed by atoms with Crippen LogP contribution in [0.4, 0.5) is 0 Å². The lowest BCUT2D eigenvalue weighted by Gasteiger charge is -2.24. The number of aliphatic hydroxyl groups excluding tert-OH is 1. The smallest absolute Gasteiger partial charge is 0.326 e. The first-order chi connectivity index (χ1) is 9.51. The fourth-order valence-corrected chi connectivity index (χ4v) is 2.77. The van der Waals surface area contributed by atoms with Gasteiger partial charge in [-0.05, 0) is 40.3 Å². The standard InChI is InChI=1S/C14H16INO4/c15-11-3-1-9(2-4-11)5-12(14(19)20)16-7-10(8-17)6-13(16)18/h1-4,10,12,17H,5-8H2,(H,19,20)/t10?,12-/m0/s1. The Morgan fingerprint density at radius 3 is 2.55 bits per heavy atom. The van der Waals surface area contributed by atoms with Crippen molar-refractivity contribution in [1.29, 1.82) is 0 Å². The number of benzene rings is 1. The van der Waals surface area contributed by atoms with E-state index in [9.17, 15) is 14.7 Å². The maximum Gasteiger partial charge on any atom is 0.326 e. The van der Waals surface area contributed by atoms with E-state index in [2.05, 4.69) is 22.6 Å². The second kappa shape index (κ2) is 6.53. The van der Waals surface area contributed by atoms with Gasteiger partial charge >= 0.3 is 5.97 Å². The zero-order chi connectivity index (χ0) is 14.7. The summed E-state index contributed by atoms with van der Waals surface area (Å²) >= 11 is 2.18. The van der Waals surface area contributed by atoms with Gasteiger partial charge in [-0.1, -0.05) is 12.1 Å². The highest BCUT2D eigenvalue weighted by Gasteiger charge is 2.37. The third kappa shape index (κ3) is 3.49. The molecule has 108 valence electrons. The van der Waals surface area contributed by atoms with Crippen LogP contribution in [0.15, 0.2) is 24.3 Å². The molecule has 1 aliphatic rings. The molecule has 20 heavy (non-hydrogen) atoms. The molecule has 1 aromatic rings. The number of carbonyl (C=O) groups excluding carboxylic acids is 1. The third-order valence-electron chi connectivity index (χ3n) is 3.50. The number of carboxylic acid groups (broad SMARTS) is 1. The molecule has 2 N–H and O–H groups in total. The van der Waals surface area contributed by atoms with Crippen LogP contribution in [-0.2, 0) is 16.0 Å². The Balaban J connectivity index is 2.13. The molecule has 6 heteroatoms. The SMILES string of the molecule is O=C(O)[C@H](Cc1ccc(I)cc1)N1CC(CO)CC1=O. The van der Waals surface area contributed by atoms with Gasteiger partial charge in [0.05, 0.1) is 0 Å². The Morgan fingerprint density at radius 2 is 2.05 bits per heavy atom. The number of nitrogens with zero attached hydrogens (tertiary/aromatic N) is 1. The Hall–Kier alpha value is -1.15. The average Bonchev–Trinajstić information content (AvgIpc) is 2.79. The van der Waals surface area contributed by atoms with Crippen LogP contribution in [0.25, 0.3) is 0 Å². The van der Waals surface area contributed by atoms with Gasteiger partial charge in [-0.3, -0.25) is 4.79 Å². The topological polar surface area (TPSA) is 77.8 Å². The number of hydrogen-bond donors (Lipinski definition) is 2. The molecule has 1 fully saturated rings. The fourth-order valence-electron chi connectivity index (χ4n) is 2.41. The van der Waals surface area contributed by atoms with Crippen LogP contribution in [0.5, 0.6) is 0 Å². The predicted molar refractivity (Wildman–Crippen MR) is 81.2 cm³/mol. The monoisotopic (exact) mass is 389 g/mol. The van der Waals surface area contributed by atoms with Gasteiger partial charge in [0, 0.05) is 35.5 Å². The van der Waals surface area contributed by atoms with E-state index in [1.165, 1.54) is 4.90 Å². The summed E-state index contributed by atoms with van der Waals surface area (Å²) in [6.45, 7) is 0.231. The first kappa shape index (κ1) is 15.2. The molecule has 2 atom stereocenters. The van der Waals surface area contributed by atoms with Gasteiger partial charge in [0.1, 0.15) is 6.04 Å². The molecule has 1 aromatic carbocycles. The molecule has 1 heterocycles. The van der Waals surface area contributed by atoms with Crippen molar-refractivity contribution < 1.29 is 19.8 Å². The van der Waals surface area contributed by atoms with E-state index in [4.69, 9.17) is 5.11 Å². The Bertz CT molecular complexity index is 502. The predicted octanol–water partition coefficient (Wildman–Crippen LogP) is 1.13. The van der Waals surface area contributed by atoms with E-state index in [0.717, 1.165) is 9.13 Å². The number of aliphatic hydroxyl groups is 1. The third-order valence-corrected chi connectivity index (χ3v) is 4.22. The zero-order valence-corrected chi connectivity index (χ0v) is 13.0. The summed E-state index contributed by atoms with van der Waals surface area (Å²) < 4.78 is 1.08. The summed E-state index contributed by atoms with van der Waals surface area (Å²) in [5, 5.41) is 18.5. The summed E-state index contributed by atoms with van der Waals surface area (Å²) in [6.07, 6.45) is 0.517. The van der Waals surface area contributed by atoms with Crippen molar-refractivity contribution in [1.82, 2.24) is 4.90 Å². The lowest BCUT2D eigenvalue weighted by atomic mass is 10.0. The van der Waals surface area contributed by atoms with E-state index in [-0.39, 0.29) is 31.3 Å². The number of carbonyl (C=O) groups is 2. The molecule has 0 radical (unpaired) electrons. The normalized spacial score (nSPS) is 20.2. The second-order valence-corrected chi connectivity index (χ2v) is 6.23. The van der Waals surface area contributed by atoms with E-state index in [1.807, 2.05) is 24.3 Å². The number of carboxylic acids is 1. The Morgan fingerprint density at radius 1 is 1.40 bits per heavy atom. The fraction of sp³-hybridized carbons (Fsp3) is 0.429. The van der Waals surface area contributed by atoms with Crippen LogP contribution in [0.1, 0.15) is 12.0 Å². The first-order valence-electron chi connectivity index (χ1n) is 6.39. The second-order valence-electron chi connectivity index (χ2n) is 4.98. The lowest BCUT2D eigenvalue weighted by Crippen LogP contribution is -2.43. The molecule has 5 nitrogen and oxygen atoms in total. The molecular weight excluding hydrogens is 373 g/mol. The van der Waals surface area contributed by atoms with Crippen molar-refractivity contribution in [2.75, 3.05) is 13.2 Å². The summed E-state index contributed by atoms with van der Waals surface area (Å²) in [4.78, 5) is 24.7. The molecule has 1 saturated heterocycles. The summed E-state index contributed by atoms with van der Waals surface area (Å²) in [5.41, 5.74) is 0.887.